The predicted octanol–water partition coefficient (Wildman–Crippen LogP) is 2.01. The third-order valence-corrected chi connectivity index (χ3v) is 2.64. The van der Waals surface area contributed by atoms with Crippen molar-refractivity contribution in [3.05, 3.63) is 29.9 Å². The molecule has 0 saturated heterocycles. The first kappa shape index (κ1) is 11.9. The number of H-pyrrole nitrogens is 1. The quantitative estimate of drug-likeness (QED) is 0.831. The van der Waals surface area contributed by atoms with Gasteiger partial charge in [-0.15, -0.1) is 0 Å². The van der Waals surface area contributed by atoms with E-state index in [9.17, 15) is 0 Å². The maximum Gasteiger partial charge on any atom is 0.154 e. The molecule has 0 fully saturated rings. The number of imidazole rings is 1. The molecule has 2 aromatic heterocycles. The van der Waals surface area contributed by atoms with Gasteiger partial charge in [-0.3, -0.25) is 0 Å². The third kappa shape index (κ3) is 2.57. The molecular formula is C12H17N3O2. The van der Waals surface area contributed by atoms with Gasteiger partial charge in [0.05, 0.1) is 12.3 Å². The number of rotatable bonds is 5. The van der Waals surface area contributed by atoms with Crippen molar-refractivity contribution in [2.75, 3.05) is 13.7 Å². The number of hydrogen-bond acceptors (Lipinski definition) is 4. The molecule has 92 valence electrons. The number of nitrogens with two attached hydrogens (primary N) is 1. The SMILES string of the molecule is COCCC(N)c1nc(-c2ccco2)c(C)[nH]1. The number of nitrogens with zero attached hydrogens (tertiary/aromatic N) is 1. The summed E-state index contributed by atoms with van der Waals surface area (Å²) in [5, 5.41) is 0. The van der Waals surface area contributed by atoms with Crippen molar-refractivity contribution in [1.29, 1.82) is 0 Å². The summed E-state index contributed by atoms with van der Waals surface area (Å²) >= 11 is 0. The van der Waals surface area contributed by atoms with Crippen LogP contribution in [-0.2, 0) is 4.74 Å². The zero-order valence-electron chi connectivity index (χ0n) is 10.1. The molecule has 5 nitrogen and oxygen atoms in total. The highest BCUT2D eigenvalue weighted by molar-refractivity contribution is 5.55. The molecule has 17 heavy (non-hydrogen) atoms. The van der Waals surface area contributed by atoms with Crippen molar-refractivity contribution < 1.29 is 9.15 Å². The summed E-state index contributed by atoms with van der Waals surface area (Å²) in [5.74, 6) is 1.52. The first-order valence-electron chi connectivity index (χ1n) is 5.57. The van der Waals surface area contributed by atoms with Crippen molar-refractivity contribution in [3.8, 4) is 11.5 Å². The smallest absolute Gasteiger partial charge is 0.154 e. The average Bonchev–Trinajstić information content (AvgIpc) is 2.94. The maximum atomic E-state index is 6.01. The summed E-state index contributed by atoms with van der Waals surface area (Å²) in [4.78, 5) is 7.67. The lowest BCUT2D eigenvalue weighted by molar-refractivity contribution is 0.187. The highest BCUT2D eigenvalue weighted by Crippen LogP contribution is 2.23. The Morgan fingerprint density at radius 3 is 3.06 bits per heavy atom. The van der Waals surface area contributed by atoms with Crippen molar-refractivity contribution >= 4 is 0 Å². The Labute approximate surface area is 100.0 Å². The van der Waals surface area contributed by atoms with Gasteiger partial charge in [-0.25, -0.2) is 4.98 Å². The normalized spacial score (nSPS) is 12.9. The van der Waals surface area contributed by atoms with E-state index in [1.807, 2.05) is 19.1 Å². The largest absolute Gasteiger partial charge is 0.463 e. The van der Waals surface area contributed by atoms with Gasteiger partial charge in [0.2, 0.25) is 0 Å². The minimum Gasteiger partial charge on any atom is -0.463 e. The van der Waals surface area contributed by atoms with E-state index in [0.29, 0.717) is 6.61 Å². The van der Waals surface area contributed by atoms with E-state index >= 15 is 0 Å². The summed E-state index contributed by atoms with van der Waals surface area (Å²) in [6.07, 6.45) is 2.37. The Balaban J connectivity index is 2.19. The first-order valence-corrected chi connectivity index (χ1v) is 5.57. The fourth-order valence-corrected chi connectivity index (χ4v) is 1.69. The van der Waals surface area contributed by atoms with Crippen LogP contribution in [-0.4, -0.2) is 23.7 Å². The number of ether oxygens (including phenoxy) is 1. The summed E-state index contributed by atoms with van der Waals surface area (Å²) in [6, 6.07) is 3.58. The van der Waals surface area contributed by atoms with Crippen molar-refractivity contribution in [2.24, 2.45) is 5.73 Å². The topological polar surface area (TPSA) is 77.1 Å². The van der Waals surface area contributed by atoms with E-state index in [2.05, 4.69) is 9.97 Å². The standard InChI is InChI=1S/C12H17N3O2/c1-8-11(10-4-3-6-17-10)15-12(14-8)9(13)5-7-16-2/h3-4,6,9H,5,7,13H2,1-2H3,(H,14,15). The number of nitrogens with one attached hydrogen (secondary N) is 1. The lowest BCUT2D eigenvalue weighted by Crippen LogP contribution is -2.14. The van der Waals surface area contributed by atoms with Gasteiger partial charge in [0, 0.05) is 19.4 Å². The van der Waals surface area contributed by atoms with Crippen LogP contribution >= 0.6 is 0 Å². The molecule has 2 aromatic rings. The molecule has 5 heteroatoms. The van der Waals surface area contributed by atoms with Crippen LogP contribution in [0.2, 0.25) is 0 Å². The number of methoxy groups -OCH3 is 1. The molecule has 0 radical (unpaired) electrons. The second-order valence-electron chi connectivity index (χ2n) is 3.96. The second-order valence-corrected chi connectivity index (χ2v) is 3.96. The van der Waals surface area contributed by atoms with Crippen LogP contribution in [0.3, 0.4) is 0 Å². The van der Waals surface area contributed by atoms with E-state index in [4.69, 9.17) is 14.9 Å². The minimum atomic E-state index is -0.141. The Hall–Kier alpha value is -1.59. The Kier molecular flexibility index (Phi) is 3.61. The highest BCUT2D eigenvalue weighted by Gasteiger charge is 2.15. The Bertz CT molecular complexity index is 462. The highest BCUT2D eigenvalue weighted by atomic mass is 16.5. The third-order valence-electron chi connectivity index (χ3n) is 2.64. The number of aromatic amines is 1. The van der Waals surface area contributed by atoms with Gasteiger partial charge in [0.25, 0.3) is 0 Å². The molecule has 1 atom stereocenters. The second kappa shape index (κ2) is 5.16. The molecule has 0 saturated carbocycles. The molecule has 2 heterocycles. The van der Waals surface area contributed by atoms with Gasteiger partial charge >= 0.3 is 0 Å². The van der Waals surface area contributed by atoms with Crippen LogP contribution in [0.15, 0.2) is 22.8 Å². The number of aryl methyl sites for hydroxylation is 1. The summed E-state index contributed by atoms with van der Waals surface area (Å²) in [6.45, 7) is 2.58. The fourth-order valence-electron chi connectivity index (χ4n) is 1.69. The Morgan fingerprint density at radius 2 is 2.41 bits per heavy atom. The molecule has 1 unspecified atom stereocenters. The molecule has 0 amide bonds. The molecule has 2 rings (SSSR count). The molecule has 0 aromatic carbocycles. The van der Waals surface area contributed by atoms with Crippen molar-refractivity contribution in [1.82, 2.24) is 9.97 Å². The van der Waals surface area contributed by atoms with Crippen LogP contribution < -0.4 is 5.73 Å². The monoisotopic (exact) mass is 235 g/mol. The van der Waals surface area contributed by atoms with Gasteiger partial charge in [-0.05, 0) is 25.5 Å². The van der Waals surface area contributed by atoms with E-state index in [1.165, 1.54) is 0 Å². The first-order chi connectivity index (χ1) is 8.22. The van der Waals surface area contributed by atoms with Gasteiger partial charge in [0.1, 0.15) is 11.5 Å². The van der Waals surface area contributed by atoms with Crippen molar-refractivity contribution in [2.45, 2.75) is 19.4 Å². The number of furan rings is 1. The minimum absolute atomic E-state index is 0.141. The van der Waals surface area contributed by atoms with Crippen LogP contribution in [0.5, 0.6) is 0 Å². The number of hydrogen-bond donors (Lipinski definition) is 2. The zero-order valence-corrected chi connectivity index (χ0v) is 10.1. The molecule has 0 aliphatic heterocycles. The molecule has 0 aliphatic rings. The van der Waals surface area contributed by atoms with Gasteiger partial charge in [-0.1, -0.05) is 0 Å². The Morgan fingerprint density at radius 1 is 1.59 bits per heavy atom. The average molecular weight is 235 g/mol. The van der Waals surface area contributed by atoms with Gasteiger partial charge in [-0.2, -0.15) is 0 Å². The predicted molar refractivity (Wildman–Crippen MR) is 64.4 cm³/mol. The van der Waals surface area contributed by atoms with E-state index < -0.39 is 0 Å². The molecular weight excluding hydrogens is 218 g/mol. The van der Waals surface area contributed by atoms with Gasteiger partial charge < -0.3 is 19.9 Å². The summed E-state index contributed by atoms with van der Waals surface area (Å²) in [7, 11) is 1.66. The maximum absolute atomic E-state index is 6.01. The number of aromatic nitrogens is 2. The van der Waals surface area contributed by atoms with Crippen LogP contribution in [0.4, 0.5) is 0 Å². The van der Waals surface area contributed by atoms with Crippen LogP contribution in [0, 0.1) is 6.92 Å². The molecule has 0 aliphatic carbocycles. The zero-order chi connectivity index (χ0) is 12.3. The lowest BCUT2D eigenvalue weighted by Gasteiger charge is -2.06. The lowest BCUT2D eigenvalue weighted by atomic mass is 10.2. The summed E-state index contributed by atoms with van der Waals surface area (Å²) < 4.78 is 10.3. The molecule has 3 N–H and O–H groups in total. The molecule has 0 bridgehead atoms. The fraction of sp³-hybridized carbons (Fsp3) is 0.417. The van der Waals surface area contributed by atoms with Crippen molar-refractivity contribution in [3.63, 3.8) is 0 Å². The molecule has 0 spiro atoms. The summed E-state index contributed by atoms with van der Waals surface area (Å²) in [5.41, 5.74) is 7.79. The van der Waals surface area contributed by atoms with Crippen LogP contribution in [0.1, 0.15) is 24.0 Å². The van der Waals surface area contributed by atoms with E-state index in [0.717, 1.165) is 29.4 Å². The van der Waals surface area contributed by atoms with Gasteiger partial charge in [0.15, 0.2) is 5.76 Å². The van der Waals surface area contributed by atoms with E-state index in [1.54, 1.807) is 13.4 Å². The van der Waals surface area contributed by atoms with E-state index in [-0.39, 0.29) is 6.04 Å². The van der Waals surface area contributed by atoms with Crippen LogP contribution in [0.25, 0.3) is 11.5 Å².